The lowest BCUT2D eigenvalue weighted by Crippen LogP contribution is -1.88. The van der Waals surface area contributed by atoms with Gasteiger partial charge in [-0.05, 0) is 60.0 Å². The minimum Gasteiger partial charge on any atom is -0.265 e. The largest absolute Gasteiger partial charge is 0.265 e. The Morgan fingerprint density at radius 2 is 1.33 bits per heavy atom. The van der Waals surface area contributed by atoms with Crippen molar-refractivity contribution >= 4 is 12.2 Å². The normalized spacial score (nSPS) is 10.9. The van der Waals surface area contributed by atoms with Crippen LogP contribution in [0.25, 0.3) is 23.5 Å². The van der Waals surface area contributed by atoms with Crippen LogP contribution in [0.15, 0.2) is 61.2 Å². The first-order chi connectivity index (χ1) is 10.3. The summed E-state index contributed by atoms with van der Waals surface area (Å²) < 4.78 is 0. The monoisotopic (exact) mass is 273 g/mol. The molecule has 0 unspecified atom stereocenters. The van der Waals surface area contributed by atoms with Crippen molar-refractivity contribution in [3.05, 3.63) is 77.9 Å². The van der Waals surface area contributed by atoms with Crippen LogP contribution in [0.4, 0.5) is 0 Å². The lowest BCUT2D eigenvalue weighted by molar-refractivity contribution is 1.23. The molecule has 3 heterocycles. The number of aromatic nitrogens is 3. The van der Waals surface area contributed by atoms with E-state index in [9.17, 15) is 0 Å². The van der Waals surface area contributed by atoms with E-state index >= 15 is 0 Å². The van der Waals surface area contributed by atoms with Crippen molar-refractivity contribution in [1.82, 2.24) is 15.0 Å². The molecule has 0 N–H and O–H groups in total. The molecule has 3 nitrogen and oxygen atoms in total. The highest BCUT2D eigenvalue weighted by Crippen LogP contribution is 2.17. The second-order valence-electron chi connectivity index (χ2n) is 4.81. The third-order valence-corrected chi connectivity index (χ3v) is 3.14. The van der Waals surface area contributed by atoms with Gasteiger partial charge in [0.05, 0.1) is 11.4 Å². The fraction of sp³-hybridized carbons (Fsp3) is 0.0556. The van der Waals surface area contributed by atoms with E-state index < -0.39 is 0 Å². The van der Waals surface area contributed by atoms with Gasteiger partial charge in [-0.25, -0.2) is 0 Å². The number of aryl methyl sites for hydroxylation is 1. The van der Waals surface area contributed by atoms with E-state index in [0.717, 1.165) is 22.5 Å². The van der Waals surface area contributed by atoms with E-state index in [1.165, 1.54) is 5.56 Å². The lowest BCUT2D eigenvalue weighted by atomic mass is 10.1. The molecule has 0 fully saturated rings. The number of rotatable bonds is 3. The Kier molecular flexibility index (Phi) is 3.83. The average Bonchev–Trinajstić information content (AvgIpc) is 2.54. The van der Waals surface area contributed by atoms with E-state index in [2.05, 4.69) is 34.0 Å². The summed E-state index contributed by atoms with van der Waals surface area (Å²) >= 11 is 0. The minimum atomic E-state index is 0.885. The quantitative estimate of drug-likeness (QED) is 0.723. The van der Waals surface area contributed by atoms with Crippen LogP contribution in [0.5, 0.6) is 0 Å². The zero-order chi connectivity index (χ0) is 14.5. The van der Waals surface area contributed by atoms with Crippen molar-refractivity contribution in [2.75, 3.05) is 0 Å². The molecule has 0 atom stereocenters. The molecule has 3 aromatic rings. The van der Waals surface area contributed by atoms with E-state index in [1.807, 2.05) is 48.8 Å². The Hall–Kier alpha value is -2.81. The summed E-state index contributed by atoms with van der Waals surface area (Å²) in [5.74, 6) is 0. The lowest BCUT2D eigenvalue weighted by Gasteiger charge is -2.02. The highest BCUT2D eigenvalue weighted by Gasteiger charge is 2.01. The van der Waals surface area contributed by atoms with E-state index in [-0.39, 0.29) is 0 Å². The first-order valence-electron chi connectivity index (χ1n) is 6.78. The van der Waals surface area contributed by atoms with Crippen LogP contribution in [-0.4, -0.2) is 15.0 Å². The molecule has 3 rings (SSSR count). The maximum atomic E-state index is 4.40. The molecule has 21 heavy (non-hydrogen) atoms. The zero-order valence-electron chi connectivity index (χ0n) is 11.8. The first-order valence-corrected chi connectivity index (χ1v) is 6.78. The van der Waals surface area contributed by atoms with Gasteiger partial charge in [0.15, 0.2) is 0 Å². The summed E-state index contributed by atoms with van der Waals surface area (Å²) in [6.45, 7) is 2.05. The van der Waals surface area contributed by atoms with E-state index in [0.29, 0.717) is 0 Å². The zero-order valence-corrected chi connectivity index (χ0v) is 11.8. The highest BCUT2D eigenvalue weighted by molar-refractivity contribution is 5.71. The molecule has 0 spiro atoms. The molecule has 3 heteroatoms. The molecule has 0 radical (unpaired) electrons. The van der Waals surface area contributed by atoms with Crippen LogP contribution in [0.1, 0.15) is 16.7 Å². The SMILES string of the molecule is Cc1ccnc(-c2cc(C=Cc3ccncc3)ccn2)c1. The van der Waals surface area contributed by atoms with E-state index in [1.54, 1.807) is 12.4 Å². The summed E-state index contributed by atoms with van der Waals surface area (Å²) in [5, 5.41) is 0. The van der Waals surface area contributed by atoms with Gasteiger partial charge in [0, 0.05) is 24.8 Å². The molecular weight excluding hydrogens is 258 g/mol. The summed E-state index contributed by atoms with van der Waals surface area (Å²) in [6, 6.07) is 12.0. The van der Waals surface area contributed by atoms with Gasteiger partial charge in [-0.3, -0.25) is 15.0 Å². The molecular formula is C18H15N3. The predicted octanol–water partition coefficient (Wildman–Crippen LogP) is 4.02. The third-order valence-electron chi connectivity index (χ3n) is 3.14. The highest BCUT2D eigenvalue weighted by atomic mass is 14.8. The second-order valence-corrected chi connectivity index (χ2v) is 4.81. The van der Waals surface area contributed by atoms with Crippen LogP contribution >= 0.6 is 0 Å². The van der Waals surface area contributed by atoms with Crippen molar-refractivity contribution in [3.63, 3.8) is 0 Å². The van der Waals surface area contributed by atoms with Crippen molar-refractivity contribution < 1.29 is 0 Å². The van der Waals surface area contributed by atoms with Gasteiger partial charge < -0.3 is 0 Å². The van der Waals surface area contributed by atoms with Gasteiger partial charge in [-0.1, -0.05) is 12.2 Å². The second kappa shape index (κ2) is 6.09. The van der Waals surface area contributed by atoms with Crippen LogP contribution in [0.3, 0.4) is 0 Å². The molecule has 0 aromatic carbocycles. The van der Waals surface area contributed by atoms with Crippen molar-refractivity contribution in [2.24, 2.45) is 0 Å². The van der Waals surface area contributed by atoms with Crippen molar-refractivity contribution in [3.8, 4) is 11.4 Å². The Morgan fingerprint density at radius 3 is 2.10 bits per heavy atom. The van der Waals surface area contributed by atoms with E-state index in [4.69, 9.17) is 0 Å². The molecule has 0 amide bonds. The number of hydrogen-bond acceptors (Lipinski definition) is 3. The van der Waals surface area contributed by atoms with Gasteiger partial charge in [0.1, 0.15) is 0 Å². The summed E-state index contributed by atoms with van der Waals surface area (Å²) in [4.78, 5) is 12.8. The van der Waals surface area contributed by atoms with Gasteiger partial charge in [0.2, 0.25) is 0 Å². The summed E-state index contributed by atoms with van der Waals surface area (Å²) in [6.07, 6.45) is 11.3. The third kappa shape index (κ3) is 3.39. The molecule has 102 valence electrons. The number of hydrogen-bond donors (Lipinski definition) is 0. The Bertz CT molecular complexity index is 764. The first kappa shape index (κ1) is 13.2. The van der Waals surface area contributed by atoms with Crippen molar-refractivity contribution in [2.45, 2.75) is 6.92 Å². The molecule has 0 aliphatic rings. The predicted molar refractivity (Wildman–Crippen MR) is 85.4 cm³/mol. The molecule has 0 bridgehead atoms. The smallest absolute Gasteiger partial charge is 0.0892 e. The van der Waals surface area contributed by atoms with Crippen molar-refractivity contribution in [1.29, 1.82) is 0 Å². The molecule has 3 aromatic heterocycles. The van der Waals surface area contributed by atoms with Gasteiger partial charge >= 0.3 is 0 Å². The maximum absolute atomic E-state index is 4.40. The Labute approximate surface area is 124 Å². The summed E-state index contributed by atoms with van der Waals surface area (Å²) in [7, 11) is 0. The minimum absolute atomic E-state index is 0.885. The average molecular weight is 273 g/mol. The molecule has 0 aliphatic heterocycles. The Morgan fingerprint density at radius 1 is 0.714 bits per heavy atom. The topological polar surface area (TPSA) is 38.7 Å². The number of pyridine rings is 3. The number of nitrogens with zero attached hydrogens (tertiary/aromatic N) is 3. The summed E-state index contributed by atoms with van der Waals surface area (Å²) in [5.41, 5.74) is 5.18. The van der Waals surface area contributed by atoms with Crippen LogP contribution in [0, 0.1) is 6.92 Å². The van der Waals surface area contributed by atoms with Gasteiger partial charge in [0.25, 0.3) is 0 Å². The molecule has 0 saturated carbocycles. The van der Waals surface area contributed by atoms with Gasteiger partial charge in [-0.2, -0.15) is 0 Å². The molecule has 0 saturated heterocycles. The molecule has 0 aliphatic carbocycles. The van der Waals surface area contributed by atoms with Gasteiger partial charge in [-0.15, -0.1) is 0 Å². The van der Waals surface area contributed by atoms with Crippen LogP contribution < -0.4 is 0 Å². The van der Waals surface area contributed by atoms with Crippen LogP contribution in [0.2, 0.25) is 0 Å². The standard InChI is InChI=1S/C18H15N3/c1-14-4-10-20-17(12-14)18-13-16(7-11-21-18)3-2-15-5-8-19-9-6-15/h2-13H,1H3. The Balaban J connectivity index is 1.88. The fourth-order valence-electron chi connectivity index (χ4n) is 2.03. The fourth-order valence-corrected chi connectivity index (χ4v) is 2.03. The maximum Gasteiger partial charge on any atom is 0.0892 e. The van der Waals surface area contributed by atoms with Crippen LogP contribution in [-0.2, 0) is 0 Å².